The number of nitrogens with one attached hydrogen (secondary N) is 1. The van der Waals surface area contributed by atoms with Crippen LogP contribution in [0.15, 0.2) is 35.0 Å². The predicted octanol–water partition coefficient (Wildman–Crippen LogP) is 4.12. The van der Waals surface area contributed by atoms with Gasteiger partial charge < -0.3 is 5.32 Å². The topological polar surface area (TPSA) is 75.5 Å². The number of nitro groups is 1. The Morgan fingerprint density at radius 2 is 2.08 bits per heavy atom. The monoisotopic (exact) mass is 381 g/mol. The number of hydrogen-bond acceptors (Lipinski definition) is 5. The van der Waals surface area contributed by atoms with E-state index in [9.17, 15) is 14.9 Å². The van der Waals surface area contributed by atoms with Crippen molar-refractivity contribution in [1.82, 2.24) is 10.2 Å². The van der Waals surface area contributed by atoms with E-state index in [2.05, 4.69) is 29.4 Å². The molecule has 1 N–H and O–H groups in total. The van der Waals surface area contributed by atoms with Gasteiger partial charge in [-0.2, -0.15) is 11.3 Å². The first kappa shape index (κ1) is 19.4. The van der Waals surface area contributed by atoms with Crippen molar-refractivity contribution < 1.29 is 9.72 Å². The Bertz CT molecular complexity index is 733. The molecular weight excluding hydrogens is 362 g/mol. The van der Waals surface area contributed by atoms with Gasteiger partial charge in [-0.15, -0.1) is 0 Å². The van der Waals surface area contributed by atoms with Crippen LogP contribution >= 0.6 is 22.9 Å². The largest absolute Gasteiger partial charge is 0.350 e. The van der Waals surface area contributed by atoms with Crippen LogP contribution in [0, 0.1) is 10.1 Å². The van der Waals surface area contributed by atoms with Crippen LogP contribution in [0.3, 0.4) is 0 Å². The molecule has 2 aromatic rings. The molecule has 1 unspecified atom stereocenters. The molecule has 0 saturated heterocycles. The lowest BCUT2D eigenvalue weighted by atomic mass is 10.1. The zero-order valence-corrected chi connectivity index (χ0v) is 15.6. The smallest absolute Gasteiger partial charge is 0.282 e. The highest BCUT2D eigenvalue weighted by Gasteiger charge is 2.23. The lowest BCUT2D eigenvalue weighted by Crippen LogP contribution is -2.38. The van der Waals surface area contributed by atoms with Gasteiger partial charge in [-0.1, -0.05) is 25.4 Å². The number of likely N-dealkylation sites (N-methyl/N-ethyl adjacent to an activating group) is 1. The van der Waals surface area contributed by atoms with Crippen LogP contribution in [-0.4, -0.2) is 35.4 Å². The summed E-state index contributed by atoms with van der Waals surface area (Å²) in [5, 5.41) is 18.3. The van der Waals surface area contributed by atoms with Crippen LogP contribution in [0.4, 0.5) is 5.69 Å². The fourth-order valence-electron chi connectivity index (χ4n) is 2.72. The van der Waals surface area contributed by atoms with E-state index in [1.807, 2.05) is 11.4 Å². The van der Waals surface area contributed by atoms with Crippen molar-refractivity contribution in [3.05, 3.63) is 61.3 Å². The number of nitrogens with zero attached hydrogens (tertiary/aromatic N) is 2. The first-order chi connectivity index (χ1) is 12.0. The van der Waals surface area contributed by atoms with Crippen molar-refractivity contribution in [1.29, 1.82) is 0 Å². The molecule has 0 radical (unpaired) electrons. The van der Waals surface area contributed by atoms with Gasteiger partial charge in [-0.3, -0.25) is 19.8 Å². The van der Waals surface area contributed by atoms with Gasteiger partial charge >= 0.3 is 0 Å². The second-order valence-corrected chi connectivity index (χ2v) is 6.64. The van der Waals surface area contributed by atoms with Crippen LogP contribution < -0.4 is 5.32 Å². The SMILES string of the molecule is CCN(CC)C(CNC(=O)c1cc(Cl)ccc1[N+](=O)[O-])c1ccsc1. The number of nitro benzene ring substituents is 1. The Morgan fingerprint density at radius 1 is 1.36 bits per heavy atom. The first-order valence-electron chi connectivity index (χ1n) is 7.96. The number of rotatable bonds is 8. The average Bonchev–Trinajstić information content (AvgIpc) is 3.12. The van der Waals surface area contributed by atoms with Gasteiger partial charge in [0.2, 0.25) is 0 Å². The summed E-state index contributed by atoms with van der Waals surface area (Å²) in [5.74, 6) is -0.499. The molecule has 134 valence electrons. The van der Waals surface area contributed by atoms with Gasteiger partial charge in [-0.25, -0.2) is 0 Å². The molecule has 1 aromatic heterocycles. The normalized spacial score (nSPS) is 12.2. The number of amides is 1. The van der Waals surface area contributed by atoms with Crippen LogP contribution in [0.5, 0.6) is 0 Å². The lowest BCUT2D eigenvalue weighted by Gasteiger charge is -2.29. The Labute approximate surface area is 155 Å². The van der Waals surface area contributed by atoms with E-state index in [0.717, 1.165) is 18.7 Å². The zero-order chi connectivity index (χ0) is 18.4. The molecule has 8 heteroatoms. The Balaban J connectivity index is 2.19. The quantitative estimate of drug-likeness (QED) is 0.551. The van der Waals surface area contributed by atoms with E-state index >= 15 is 0 Å². The summed E-state index contributed by atoms with van der Waals surface area (Å²) in [6.07, 6.45) is 0. The number of hydrogen-bond donors (Lipinski definition) is 1. The Hall–Kier alpha value is -1.96. The third-order valence-corrected chi connectivity index (χ3v) is 4.97. The molecule has 0 spiro atoms. The highest BCUT2D eigenvalue weighted by molar-refractivity contribution is 7.07. The number of carbonyl (C=O) groups is 1. The van der Waals surface area contributed by atoms with Crippen LogP contribution in [0.2, 0.25) is 5.02 Å². The molecule has 6 nitrogen and oxygen atoms in total. The summed E-state index contributed by atoms with van der Waals surface area (Å²) >= 11 is 7.49. The summed E-state index contributed by atoms with van der Waals surface area (Å²) in [6.45, 7) is 6.16. The van der Waals surface area contributed by atoms with Gasteiger partial charge in [0.15, 0.2) is 0 Å². The second-order valence-electron chi connectivity index (χ2n) is 5.42. The van der Waals surface area contributed by atoms with E-state index in [4.69, 9.17) is 11.6 Å². The molecule has 0 bridgehead atoms. The Morgan fingerprint density at radius 3 is 2.64 bits per heavy atom. The highest BCUT2D eigenvalue weighted by atomic mass is 35.5. The van der Waals surface area contributed by atoms with Gasteiger partial charge in [0, 0.05) is 17.6 Å². The number of halogens is 1. The van der Waals surface area contributed by atoms with Gasteiger partial charge in [0.25, 0.3) is 11.6 Å². The van der Waals surface area contributed by atoms with E-state index in [1.54, 1.807) is 11.3 Å². The number of benzene rings is 1. The average molecular weight is 382 g/mol. The maximum absolute atomic E-state index is 12.5. The van der Waals surface area contributed by atoms with Gasteiger partial charge in [0.05, 0.1) is 11.0 Å². The highest BCUT2D eigenvalue weighted by Crippen LogP contribution is 2.24. The first-order valence-corrected chi connectivity index (χ1v) is 9.28. The second kappa shape index (κ2) is 8.94. The van der Waals surface area contributed by atoms with Crippen LogP contribution in [-0.2, 0) is 0 Å². The molecular formula is C17H20ClN3O3S. The predicted molar refractivity (Wildman–Crippen MR) is 100 cm³/mol. The van der Waals surface area contributed by atoms with E-state index < -0.39 is 10.8 Å². The van der Waals surface area contributed by atoms with Crippen molar-refractivity contribution in [3.63, 3.8) is 0 Å². The number of thiophene rings is 1. The fourth-order valence-corrected chi connectivity index (χ4v) is 3.60. The fraction of sp³-hybridized carbons (Fsp3) is 0.353. The summed E-state index contributed by atoms with van der Waals surface area (Å²) in [7, 11) is 0. The van der Waals surface area contributed by atoms with E-state index in [-0.39, 0.29) is 22.3 Å². The third kappa shape index (κ3) is 4.78. The molecule has 0 fully saturated rings. The summed E-state index contributed by atoms with van der Waals surface area (Å²) in [4.78, 5) is 25.3. The summed E-state index contributed by atoms with van der Waals surface area (Å²) < 4.78 is 0. The molecule has 0 saturated carbocycles. The van der Waals surface area contributed by atoms with E-state index in [1.165, 1.54) is 18.2 Å². The minimum atomic E-state index is -0.577. The Kier molecular flexibility index (Phi) is 6.92. The molecule has 0 aliphatic carbocycles. The van der Waals surface area contributed by atoms with Gasteiger partial charge in [0.1, 0.15) is 5.56 Å². The maximum atomic E-state index is 12.5. The molecule has 1 aromatic carbocycles. The molecule has 0 aliphatic rings. The summed E-state index contributed by atoms with van der Waals surface area (Å²) in [6, 6.07) is 6.02. The molecule has 0 aliphatic heterocycles. The molecule has 2 rings (SSSR count). The van der Waals surface area contributed by atoms with Crippen molar-refractivity contribution in [2.45, 2.75) is 19.9 Å². The summed E-state index contributed by atoms with van der Waals surface area (Å²) in [5.41, 5.74) is 0.840. The minimum Gasteiger partial charge on any atom is -0.350 e. The van der Waals surface area contributed by atoms with E-state index in [0.29, 0.717) is 6.54 Å². The lowest BCUT2D eigenvalue weighted by molar-refractivity contribution is -0.385. The van der Waals surface area contributed by atoms with Crippen molar-refractivity contribution in [3.8, 4) is 0 Å². The maximum Gasteiger partial charge on any atom is 0.282 e. The minimum absolute atomic E-state index is 0.0171. The van der Waals surface area contributed by atoms with Crippen LogP contribution in [0.25, 0.3) is 0 Å². The van der Waals surface area contributed by atoms with Crippen molar-refractivity contribution in [2.75, 3.05) is 19.6 Å². The molecule has 1 heterocycles. The van der Waals surface area contributed by atoms with Crippen molar-refractivity contribution in [2.24, 2.45) is 0 Å². The molecule has 25 heavy (non-hydrogen) atoms. The standard InChI is InChI=1S/C17H20ClN3O3S/c1-3-20(4-2)16(12-7-8-25-11-12)10-19-17(22)14-9-13(18)5-6-15(14)21(23)24/h5-9,11,16H,3-4,10H2,1-2H3,(H,19,22). The van der Waals surface area contributed by atoms with Gasteiger partial charge in [-0.05, 0) is 47.6 Å². The van der Waals surface area contributed by atoms with Crippen molar-refractivity contribution >= 4 is 34.5 Å². The number of carbonyl (C=O) groups excluding carboxylic acids is 1. The zero-order valence-electron chi connectivity index (χ0n) is 14.1. The third-order valence-electron chi connectivity index (χ3n) is 4.04. The molecule has 1 amide bonds. The van der Waals surface area contributed by atoms with Crippen LogP contribution in [0.1, 0.15) is 35.8 Å². The molecule has 1 atom stereocenters.